The molecule has 0 N–H and O–H groups in total. The summed E-state index contributed by atoms with van der Waals surface area (Å²) in [5, 5.41) is 9.57. The van der Waals surface area contributed by atoms with E-state index in [0.717, 1.165) is 99.4 Å². The average molecular weight is 1220 g/mol. The molecule has 0 bridgehead atoms. The number of para-hydroxylation sites is 8. The van der Waals surface area contributed by atoms with Crippen molar-refractivity contribution in [3.63, 3.8) is 0 Å². The largest absolute Gasteiger partial charge is 0.310 e. The van der Waals surface area contributed by atoms with Crippen molar-refractivity contribution in [1.82, 2.24) is 9.13 Å². The van der Waals surface area contributed by atoms with Gasteiger partial charge in [-0.05, 0) is 121 Å². The van der Waals surface area contributed by atoms with Crippen LogP contribution in [0.5, 0.6) is 0 Å². The van der Waals surface area contributed by atoms with Gasteiger partial charge in [-0.3, -0.25) is 0 Å². The molecule has 0 radical (unpaired) electrons. The van der Waals surface area contributed by atoms with Gasteiger partial charge in [0.05, 0.1) is 22.1 Å². The highest BCUT2D eigenvalue weighted by atomic mass is 31.2. The summed E-state index contributed by atoms with van der Waals surface area (Å²) < 4.78 is 36.4. The predicted octanol–water partition coefficient (Wildman–Crippen LogP) is 19.8. The lowest BCUT2D eigenvalue weighted by molar-refractivity contribution is 0.591. The van der Waals surface area contributed by atoms with Crippen LogP contribution in [0.2, 0.25) is 0 Å². The van der Waals surface area contributed by atoms with E-state index in [1.54, 1.807) is 0 Å². The van der Waals surface area contributed by atoms with E-state index < -0.39 is 14.3 Å². The molecule has 16 aromatic rings. The molecular weight excluding hydrogens is 1160 g/mol. The van der Waals surface area contributed by atoms with Gasteiger partial charge in [0.1, 0.15) is 0 Å². The van der Waals surface area contributed by atoms with Crippen LogP contribution in [0.25, 0.3) is 55.0 Å². The third-order valence-corrected chi connectivity index (χ3v) is 23.3. The Hall–Kier alpha value is -11.3. The molecule has 0 fully saturated rings. The van der Waals surface area contributed by atoms with Crippen LogP contribution in [0.4, 0.5) is 34.1 Å². The van der Waals surface area contributed by atoms with Gasteiger partial charge in [-0.25, -0.2) is 0 Å². The molecule has 0 unspecified atom stereocenters. The van der Waals surface area contributed by atoms with Crippen molar-refractivity contribution in [3.8, 4) is 11.4 Å². The van der Waals surface area contributed by atoms with Gasteiger partial charge >= 0.3 is 0 Å². The van der Waals surface area contributed by atoms with Crippen LogP contribution in [-0.2, 0) is 9.13 Å². The molecule has 0 saturated carbocycles. The molecule has 16 rings (SSSR count). The maximum atomic E-state index is 15.9. The smallest absolute Gasteiger partial charge is 0.171 e. The molecule has 2 heterocycles. The minimum atomic E-state index is -3.33. The lowest BCUT2D eigenvalue weighted by atomic mass is 10.2. The number of rotatable bonds is 14. The molecule has 0 atom stereocenters. The van der Waals surface area contributed by atoms with E-state index in [2.05, 4.69) is 213 Å². The Morgan fingerprint density at radius 1 is 0.196 bits per heavy atom. The van der Waals surface area contributed by atoms with Gasteiger partial charge in [0, 0.05) is 98.9 Å². The third-order valence-electron chi connectivity index (χ3n) is 17.3. The topological polar surface area (TPSA) is 50.5 Å². The number of benzene rings is 14. The summed E-state index contributed by atoms with van der Waals surface area (Å²) in [7, 11) is -6.63. The second-order valence-electron chi connectivity index (χ2n) is 22.7. The zero-order valence-electron chi connectivity index (χ0n) is 50.3. The minimum Gasteiger partial charge on any atom is -0.310 e. The molecule has 6 nitrogen and oxygen atoms in total. The third kappa shape index (κ3) is 10.5. The first kappa shape index (κ1) is 57.2. The van der Waals surface area contributed by atoms with Gasteiger partial charge in [-0.1, -0.05) is 255 Å². The summed E-state index contributed by atoms with van der Waals surface area (Å²) in [4.78, 5) is 4.42. The summed E-state index contributed by atoms with van der Waals surface area (Å²) in [6.07, 6.45) is 0. The zero-order valence-corrected chi connectivity index (χ0v) is 52.1. The average Bonchev–Trinajstić information content (AvgIpc) is 1.03. The lowest BCUT2D eigenvalue weighted by Crippen LogP contribution is -2.26. The Morgan fingerprint density at radius 2 is 0.413 bits per heavy atom. The predicted molar refractivity (Wildman–Crippen MR) is 390 cm³/mol. The molecule has 0 amide bonds. The Kier molecular flexibility index (Phi) is 15.5. The summed E-state index contributed by atoms with van der Waals surface area (Å²) in [5.41, 5.74) is 12.5. The molecule has 8 heteroatoms. The van der Waals surface area contributed by atoms with Crippen molar-refractivity contribution in [2.45, 2.75) is 0 Å². The Morgan fingerprint density at radius 3 is 0.707 bits per heavy atom. The number of hydrogen-bond acceptors (Lipinski definition) is 4. The molecule has 0 aliphatic rings. The van der Waals surface area contributed by atoms with Crippen molar-refractivity contribution in [2.24, 2.45) is 0 Å². The SMILES string of the molecule is O=P(c1ccccc1)(c1cccc(-n2c3ccccc3c3ccccc32)c1)c1cccc(-n2c3ccccc3c3ccccc32)c1.O=P(c1ccccc1)(c1cccc(N(c2ccccc2)c2ccccc2)c1)c1cccc(N(c2ccccc2)c2ccccc2)c1. The van der Waals surface area contributed by atoms with Gasteiger partial charge in [0.25, 0.3) is 0 Å². The molecule has 14 aromatic carbocycles. The second-order valence-corrected chi connectivity index (χ2v) is 28.3. The van der Waals surface area contributed by atoms with Gasteiger partial charge in [0.2, 0.25) is 0 Å². The molecular formula is C84H62N4O2P2. The van der Waals surface area contributed by atoms with Crippen molar-refractivity contribution >= 4 is 124 Å². The summed E-state index contributed by atoms with van der Waals surface area (Å²) >= 11 is 0. The molecule has 2 aromatic heterocycles. The normalized spacial score (nSPS) is 11.6. The number of aromatic nitrogens is 2. The highest BCUT2D eigenvalue weighted by molar-refractivity contribution is 7.85. The van der Waals surface area contributed by atoms with Gasteiger partial charge in [-0.15, -0.1) is 0 Å². The van der Waals surface area contributed by atoms with Crippen molar-refractivity contribution in [1.29, 1.82) is 0 Å². The first-order valence-corrected chi connectivity index (χ1v) is 34.4. The zero-order chi connectivity index (χ0) is 61.9. The molecule has 0 aliphatic heterocycles. The fourth-order valence-corrected chi connectivity index (χ4v) is 18.5. The van der Waals surface area contributed by atoms with Crippen molar-refractivity contribution in [3.05, 3.63) is 376 Å². The van der Waals surface area contributed by atoms with E-state index in [1.807, 2.05) is 182 Å². The first-order valence-electron chi connectivity index (χ1n) is 30.9. The van der Waals surface area contributed by atoms with Crippen LogP contribution in [0.3, 0.4) is 0 Å². The van der Waals surface area contributed by atoms with Gasteiger partial charge in [0.15, 0.2) is 14.3 Å². The van der Waals surface area contributed by atoms with E-state index in [1.165, 1.54) is 21.5 Å². The first-order chi connectivity index (χ1) is 45.4. The van der Waals surface area contributed by atoms with Crippen LogP contribution < -0.4 is 41.6 Å². The molecule has 440 valence electrons. The Bertz CT molecular complexity index is 4890. The summed E-state index contributed by atoms with van der Waals surface area (Å²) in [5.74, 6) is 0. The molecule has 0 aliphatic carbocycles. The van der Waals surface area contributed by atoms with Gasteiger partial charge < -0.3 is 28.1 Å². The van der Waals surface area contributed by atoms with Crippen LogP contribution in [0.15, 0.2) is 376 Å². The van der Waals surface area contributed by atoms with E-state index in [9.17, 15) is 0 Å². The van der Waals surface area contributed by atoms with Crippen molar-refractivity contribution < 1.29 is 9.13 Å². The van der Waals surface area contributed by atoms with E-state index in [0.29, 0.717) is 0 Å². The Labute approximate surface area is 536 Å². The molecule has 92 heavy (non-hydrogen) atoms. The summed E-state index contributed by atoms with van der Waals surface area (Å²) in [6.45, 7) is 0. The van der Waals surface area contributed by atoms with E-state index in [4.69, 9.17) is 0 Å². The molecule has 0 saturated heterocycles. The minimum absolute atomic E-state index is 0.774. The van der Waals surface area contributed by atoms with Crippen molar-refractivity contribution in [2.75, 3.05) is 9.80 Å². The van der Waals surface area contributed by atoms with Gasteiger partial charge in [-0.2, -0.15) is 0 Å². The fraction of sp³-hybridized carbons (Fsp3) is 0. The monoisotopic (exact) mass is 1220 g/mol. The van der Waals surface area contributed by atoms with E-state index >= 15 is 9.13 Å². The highest BCUT2D eigenvalue weighted by Crippen LogP contribution is 2.47. The highest BCUT2D eigenvalue weighted by Gasteiger charge is 2.33. The van der Waals surface area contributed by atoms with E-state index in [-0.39, 0.29) is 0 Å². The maximum Gasteiger partial charge on any atom is 0.171 e. The maximum absolute atomic E-state index is 15.9. The number of nitrogens with zero attached hydrogens (tertiary/aromatic N) is 4. The second kappa shape index (κ2) is 25.0. The van der Waals surface area contributed by atoms with Crippen LogP contribution in [0.1, 0.15) is 0 Å². The van der Waals surface area contributed by atoms with Crippen LogP contribution >= 0.6 is 14.3 Å². The summed E-state index contributed by atoms with van der Waals surface area (Å²) in [6, 6.07) is 128. The molecule has 0 spiro atoms. The quantitative estimate of drug-likeness (QED) is 0.102. The Balaban J connectivity index is 0.000000153. The standard InChI is InChI=1S/C42H29N2OP.C42H33N2OP/c45-46(32-16-2-1-3-17-32,33-18-12-14-30(28-33)43-39-24-8-4-20-35(39)36-21-5-9-25-40(36)43)34-19-13-15-31(29-34)44-41-26-10-6-22-37(41)38-23-7-11-27-42(38)44;45-46(40-28-14-5-15-29-40,41-30-16-26-38(32-41)43(34-18-6-1-7-19-34)35-20-8-2-9-21-35)42-31-17-27-39(33-42)44(36-22-10-3-11-23-36)37-24-12-4-13-25-37/h1-29H;1-33H. The van der Waals surface area contributed by atoms with Crippen LogP contribution in [-0.4, -0.2) is 9.13 Å². The number of hydrogen-bond donors (Lipinski definition) is 0. The lowest BCUT2D eigenvalue weighted by Gasteiger charge is -2.28. The van der Waals surface area contributed by atoms with Crippen LogP contribution in [0, 0.1) is 0 Å². The number of anilines is 6. The fourth-order valence-electron chi connectivity index (χ4n) is 13.1. The number of fused-ring (bicyclic) bond motifs is 6.